The maximum absolute atomic E-state index is 12.6. The number of nitrogens with one attached hydrogen (secondary N) is 2. The predicted molar refractivity (Wildman–Crippen MR) is 108 cm³/mol. The van der Waals surface area contributed by atoms with E-state index in [0.717, 1.165) is 29.3 Å². The van der Waals surface area contributed by atoms with Crippen molar-refractivity contribution in [2.75, 3.05) is 25.0 Å². The van der Waals surface area contributed by atoms with Gasteiger partial charge in [0.25, 0.3) is 11.8 Å². The summed E-state index contributed by atoms with van der Waals surface area (Å²) in [4.78, 5) is 29.4. The van der Waals surface area contributed by atoms with E-state index in [1.807, 2.05) is 36.4 Å². The molecule has 2 aliphatic heterocycles. The summed E-state index contributed by atoms with van der Waals surface area (Å²) in [7, 11) is 0. The number of likely N-dealkylation sites (N-methyl/N-ethyl adjacent to an activating group) is 1. The minimum atomic E-state index is -0.140. The van der Waals surface area contributed by atoms with Gasteiger partial charge in [-0.25, -0.2) is 0 Å². The quantitative estimate of drug-likeness (QED) is 0.849. The first kappa shape index (κ1) is 18.1. The molecule has 0 unspecified atom stereocenters. The van der Waals surface area contributed by atoms with Gasteiger partial charge in [0.1, 0.15) is 0 Å². The highest BCUT2D eigenvalue weighted by atomic mass is 32.2. The maximum atomic E-state index is 12.6. The molecule has 2 heterocycles. The Labute approximate surface area is 163 Å². The topological polar surface area (TPSA) is 61.4 Å². The molecule has 0 radical (unpaired) electrons. The van der Waals surface area contributed by atoms with Crippen molar-refractivity contribution in [1.29, 1.82) is 0 Å². The zero-order valence-corrected chi connectivity index (χ0v) is 16.1. The molecule has 1 saturated heterocycles. The van der Waals surface area contributed by atoms with E-state index < -0.39 is 0 Å². The van der Waals surface area contributed by atoms with E-state index in [9.17, 15) is 9.59 Å². The second-order valence-electron chi connectivity index (χ2n) is 6.90. The van der Waals surface area contributed by atoms with Crippen LogP contribution in [0.15, 0.2) is 52.3 Å². The molecular weight excluding hydrogens is 358 g/mol. The number of amides is 2. The third kappa shape index (κ3) is 3.73. The summed E-state index contributed by atoms with van der Waals surface area (Å²) in [6, 6.07) is 13.5. The van der Waals surface area contributed by atoms with Gasteiger partial charge in [0.15, 0.2) is 0 Å². The number of nitrogens with zero attached hydrogens (tertiary/aromatic N) is 1. The lowest BCUT2D eigenvalue weighted by Crippen LogP contribution is -2.40. The second-order valence-corrected chi connectivity index (χ2v) is 7.98. The van der Waals surface area contributed by atoms with Gasteiger partial charge in [-0.3, -0.25) is 14.5 Å². The number of carbonyl (C=O) groups excluding carboxylic acids is 2. The maximum Gasteiger partial charge on any atom is 0.256 e. The van der Waals surface area contributed by atoms with E-state index in [0.29, 0.717) is 29.4 Å². The van der Waals surface area contributed by atoms with E-state index in [1.54, 1.807) is 17.8 Å². The monoisotopic (exact) mass is 381 g/mol. The largest absolute Gasteiger partial charge is 0.350 e. The standard InChI is InChI=1S/C21H23N3O2S/c1-2-24-11-5-6-15(24)13-22-20(25)14-9-10-19-17(12-14)23-21(26)16-7-3-4-8-18(16)27-19/h3-4,7-10,12,15H,2,5-6,11,13H2,1H3,(H,22,25)(H,23,26)/t15-/m0/s1. The number of anilines is 1. The molecule has 2 aliphatic rings. The van der Waals surface area contributed by atoms with Crippen molar-refractivity contribution in [2.45, 2.75) is 35.6 Å². The molecule has 0 saturated carbocycles. The van der Waals surface area contributed by atoms with Crippen molar-refractivity contribution < 1.29 is 9.59 Å². The number of fused-ring (bicyclic) bond motifs is 2. The number of carbonyl (C=O) groups is 2. The van der Waals surface area contributed by atoms with Crippen molar-refractivity contribution in [3.63, 3.8) is 0 Å². The third-order valence-corrected chi connectivity index (χ3v) is 6.40. The van der Waals surface area contributed by atoms with Gasteiger partial charge in [0.2, 0.25) is 0 Å². The molecule has 0 spiro atoms. The van der Waals surface area contributed by atoms with Crippen molar-refractivity contribution >= 4 is 29.3 Å². The van der Waals surface area contributed by atoms with E-state index in [4.69, 9.17) is 0 Å². The zero-order valence-electron chi connectivity index (χ0n) is 15.3. The molecule has 1 atom stereocenters. The minimum absolute atomic E-state index is 0.0956. The highest BCUT2D eigenvalue weighted by molar-refractivity contribution is 7.99. The molecule has 0 aromatic heterocycles. The number of rotatable bonds is 4. The van der Waals surface area contributed by atoms with Crippen LogP contribution in [0.4, 0.5) is 5.69 Å². The Balaban J connectivity index is 1.49. The molecule has 27 heavy (non-hydrogen) atoms. The van der Waals surface area contributed by atoms with Gasteiger partial charge in [-0.1, -0.05) is 30.8 Å². The number of hydrogen-bond donors (Lipinski definition) is 2. The first-order valence-electron chi connectivity index (χ1n) is 9.40. The fourth-order valence-corrected chi connectivity index (χ4v) is 4.77. The van der Waals surface area contributed by atoms with Crippen LogP contribution in [-0.4, -0.2) is 42.4 Å². The van der Waals surface area contributed by atoms with Crippen LogP contribution in [0.3, 0.4) is 0 Å². The number of benzene rings is 2. The highest BCUT2D eigenvalue weighted by Gasteiger charge is 2.24. The molecule has 0 aliphatic carbocycles. The molecule has 140 valence electrons. The SMILES string of the molecule is CCN1CCC[C@H]1CNC(=O)c1ccc2c(c1)NC(=O)c1ccccc1S2. The normalized spacial score (nSPS) is 19.0. The molecule has 5 nitrogen and oxygen atoms in total. The molecule has 0 bridgehead atoms. The molecule has 2 N–H and O–H groups in total. The van der Waals surface area contributed by atoms with Crippen LogP contribution in [0.1, 0.15) is 40.5 Å². The van der Waals surface area contributed by atoms with Gasteiger partial charge in [0, 0.05) is 27.9 Å². The van der Waals surface area contributed by atoms with Crippen LogP contribution < -0.4 is 10.6 Å². The van der Waals surface area contributed by atoms with Crippen molar-refractivity contribution in [3.05, 3.63) is 53.6 Å². The van der Waals surface area contributed by atoms with Crippen molar-refractivity contribution in [1.82, 2.24) is 10.2 Å². The summed E-state index contributed by atoms with van der Waals surface area (Å²) in [5, 5.41) is 6.00. The Bertz CT molecular complexity index is 883. The summed E-state index contributed by atoms with van der Waals surface area (Å²) >= 11 is 1.54. The Morgan fingerprint density at radius 1 is 1.26 bits per heavy atom. The molecule has 2 aromatic carbocycles. The van der Waals surface area contributed by atoms with Gasteiger partial charge < -0.3 is 10.6 Å². The second kappa shape index (κ2) is 7.74. The summed E-state index contributed by atoms with van der Waals surface area (Å²) in [6.07, 6.45) is 2.32. The molecule has 6 heteroatoms. The van der Waals surface area contributed by atoms with Crippen LogP contribution in [0.25, 0.3) is 0 Å². The Hall–Kier alpha value is -2.31. The lowest BCUT2D eigenvalue weighted by Gasteiger charge is -2.23. The van der Waals surface area contributed by atoms with Gasteiger partial charge in [-0.05, 0) is 56.3 Å². The summed E-state index contributed by atoms with van der Waals surface area (Å²) in [6.45, 7) is 4.95. The van der Waals surface area contributed by atoms with Crippen LogP contribution in [-0.2, 0) is 0 Å². The lowest BCUT2D eigenvalue weighted by molar-refractivity contribution is 0.0940. The number of likely N-dealkylation sites (tertiary alicyclic amines) is 1. The fourth-order valence-electron chi connectivity index (χ4n) is 3.76. The van der Waals surface area contributed by atoms with Gasteiger partial charge in [-0.15, -0.1) is 0 Å². The van der Waals surface area contributed by atoms with Crippen molar-refractivity contribution in [3.8, 4) is 0 Å². The van der Waals surface area contributed by atoms with E-state index in [2.05, 4.69) is 22.5 Å². The Morgan fingerprint density at radius 2 is 2.11 bits per heavy atom. The summed E-state index contributed by atoms with van der Waals surface area (Å²) in [5.74, 6) is -0.235. The average molecular weight is 382 g/mol. The third-order valence-electron chi connectivity index (χ3n) is 5.25. The van der Waals surface area contributed by atoms with E-state index >= 15 is 0 Å². The predicted octanol–water partition coefficient (Wildman–Crippen LogP) is 3.62. The fraction of sp³-hybridized carbons (Fsp3) is 0.333. The van der Waals surface area contributed by atoms with Crippen LogP contribution >= 0.6 is 11.8 Å². The molecule has 1 fully saturated rings. The first-order valence-corrected chi connectivity index (χ1v) is 10.2. The van der Waals surface area contributed by atoms with Gasteiger partial charge in [0.05, 0.1) is 11.3 Å². The van der Waals surface area contributed by atoms with E-state index in [1.165, 1.54) is 6.42 Å². The Kier molecular flexibility index (Phi) is 5.18. The average Bonchev–Trinajstić information content (AvgIpc) is 3.09. The van der Waals surface area contributed by atoms with Crippen LogP contribution in [0, 0.1) is 0 Å². The zero-order chi connectivity index (χ0) is 18.8. The molecule has 2 amide bonds. The first-order chi connectivity index (χ1) is 13.2. The van der Waals surface area contributed by atoms with E-state index in [-0.39, 0.29) is 11.8 Å². The molecular formula is C21H23N3O2S. The minimum Gasteiger partial charge on any atom is -0.350 e. The summed E-state index contributed by atoms with van der Waals surface area (Å²) < 4.78 is 0. The number of hydrogen-bond acceptors (Lipinski definition) is 4. The lowest BCUT2D eigenvalue weighted by atomic mass is 10.1. The van der Waals surface area contributed by atoms with Crippen molar-refractivity contribution in [2.24, 2.45) is 0 Å². The highest BCUT2D eigenvalue weighted by Crippen LogP contribution is 2.38. The van der Waals surface area contributed by atoms with Gasteiger partial charge >= 0.3 is 0 Å². The smallest absolute Gasteiger partial charge is 0.256 e. The summed E-state index contributed by atoms with van der Waals surface area (Å²) in [5.41, 5.74) is 1.91. The van der Waals surface area contributed by atoms with Gasteiger partial charge in [-0.2, -0.15) is 0 Å². The Morgan fingerprint density at radius 3 is 2.96 bits per heavy atom. The van der Waals surface area contributed by atoms with Crippen LogP contribution in [0.5, 0.6) is 0 Å². The molecule has 4 rings (SSSR count). The van der Waals surface area contributed by atoms with Crippen LogP contribution in [0.2, 0.25) is 0 Å². The molecule has 2 aromatic rings.